The molecule has 0 aromatic rings. The van der Waals surface area contributed by atoms with E-state index >= 15 is 4.39 Å². The standard InChI is InChI=1S/C33H47FO9/c1-20-16-24-23-12-11-21-17-22(35)13-14-30(21,5)32(23,34)25(36)18-31(24,6)33(20,40)26(37)19-42-28(39)41-15-9-7-8-10-27(38)43-29(2,3)4/h13-14,17,20,23-25,36,40H,7-12,15-16,18-19H2,1-6H3/t20-,23-,24-,25-,30-,31-,32-,33-/m0/s1. The fourth-order valence-electron chi connectivity index (χ4n) is 8.51. The summed E-state index contributed by atoms with van der Waals surface area (Å²) in [4.78, 5) is 49.5. The zero-order valence-corrected chi connectivity index (χ0v) is 26.2. The number of allylic oxidation sites excluding steroid dienone is 4. The van der Waals surface area contributed by atoms with Crippen molar-refractivity contribution in [3.63, 3.8) is 0 Å². The first kappa shape index (κ1) is 33.3. The van der Waals surface area contributed by atoms with E-state index in [4.69, 9.17) is 14.2 Å². The van der Waals surface area contributed by atoms with Gasteiger partial charge in [0, 0.05) is 23.2 Å². The highest BCUT2D eigenvalue weighted by Gasteiger charge is 2.75. The van der Waals surface area contributed by atoms with E-state index in [9.17, 15) is 29.4 Å². The van der Waals surface area contributed by atoms with Gasteiger partial charge in [-0.15, -0.1) is 0 Å². The van der Waals surface area contributed by atoms with Gasteiger partial charge in [0.25, 0.3) is 0 Å². The van der Waals surface area contributed by atoms with Gasteiger partial charge in [-0.05, 0) is 96.6 Å². The van der Waals surface area contributed by atoms with Crippen molar-refractivity contribution in [2.75, 3.05) is 13.2 Å². The molecule has 3 saturated carbocycles. The predicted molar refractivity (Wildman–Crippen MR) is 154 cm³/mol. The summed E-state index contributed by atoms with van der Waals surface area (Å²) in [5.41, 5.74) is -6.22. The van der Waals surface area contributed by atoms with Gasteiger partial charge in [0.1, 0.15) is 11.2 Å². The Morgan fingerprint density at radius 1 is 1.09 bits per heavy atom. The molecule has 9 nitrogen and oxygen atoms in total. The number of Topliss-reactive ketones (excluding diaryl/α,β-unsaturated/α-hetero) is 1. The van der Waals surface area contributed by atoms with Crippen molar-refractivity contribution in [1.29, 1.82) is 0 Å². The smallest absolute Gasteiger partial charge is 0.460 e. The van der Waals surface area contributed by atoms with Crippen LogP contribution in [0.2, 0.25) is 0 Å². The van der Waals surface area contributed by atoms with Crippen molar-refractivity contribution < 1.29 is 48.0 Å². The molecule has 43 heavy (non-hydrogen) atoms. The summed E-state index contributed by atoms with van der Waals surface area (Å²) in [6.45, 7) is 9.92. The Kier molecular flexibility index (Phi) is 9.08. The number of ketones is 2. The maximum Gasteiger partial charge on any atom is 0.508 e. The van der Waals surface area contributed by atoms with Crippen LogP contribution in [0.5, 0.6) is 0 Å². The summed E-state index contributed by atoms with van der Waals surface area (Å²) >= 11 is 0. The summed E-state index contributed by atoms with van der Waals surface area (Å²) in [5, 5.41) is 23.4. The number of esters is 1. The highest BCUT2D eigenvalue weighted by molar-refractivity contribution is 6.01. The predicted octanol–water partition coefficient (Wildman–Crippen LogP) is 4.96. The van der Waals surface area contributed by atoms with E-state index in [1.807, 2.05) is 0 Å². The van der Waals surface area contributed by atoms with Crippen molar-refractivity contribution >= 4 is 23.7 Å². The average Bonchev–Trinajstić information content (AvgIpc) is 3.11. The maximum absolute atomic E-state index is 17.3. The minimum absolute atomic E-state index is 0.0451. The molecule has 0 spiro atoms. The fraction of sp³-hybridized carbons (Fsp3) is 0.758. The van der Waals surface area contributed by atoms with E-state index in [1.165, 1.54) is 12.2 Å². The van der Waals surface area contributed by atoms with E-state index in [-0.39, 0.29) is 31.2 Å². The van der Waals surface area contributed by atoms with Gasteiger partial charge in [-0.1, -0.05) is 25.5 Å². The maximum atomic E-state index is 17.3. The van der Waals surface area contributed by atoms with E-state index < -0.39 is 70.1 Å². The number of unbranched alkanes of at least 4 members (excludes halogenated alkanes) is 2. The van der Waals surface area contributed by atoms with E-state index in [0.29, 0.717) is 44.1 Å². The highest BCUT2D eigenvalue weighted by Crippen LogP contribution is 2.70. The molecule has 10 heteroatoms. The number of carbonyl (C=O) groups excluding carboxylic acids is 4. The zero-order valence-electron chi connectivity index (χ0n) is 26.2. The number of carbonyl (C=O) groups is 4. The van der Waals surface area contributed by atoms with Crippen LogP contribution in [0.15, 0.2) is 23.8 Å². The molecule has 0 aromatic heterocycles. The second kappa shape index (κ2) is 11.7. The normalized spacial score (nSPS) is 38.3. The van der Waals surface area contributed by atoms with Crippen LogP contribution >= 0.6 is 0 Å². The first-order valence-electron chi connectivity index (χ1n) is 15.5. The molecule has 0 unspecified atom stereocenters. The second-order valence-corrected chi connectivity index (χ2v) is 14.4. The molecule has 0 heterocycles. The van der Waals surface area contributed by atoms with Crippen LogP contribution in [-0.2, 0) is 28.6 Å². The zero-order chi connectivity index (χ0) is 32.0. The van der Waals surface area contributed by atoms with Gasteiger partial charge in [-0.25, -0.2) is 9.18 Å². The molecule has 4 rings (SSSR count). The molecule has 8 atom stereocenters. The molecule has 0 amide bonds. The van der Waals surface area contributed by atoms with Gasteiger partial charge >= 0.3 is 12.1 Å². The molecular weight excluding hydrogens is 559 g/mol. The van der Waals surface area contributed by atoms with Crippen LogP contribution < -0.4 is 0 Å². The van der Waals surface area contributed by atoms with Crippen LogP contribution in [0, 0.1) is 28.6 Å². The highest BCUT2D eigenvalue weighted by atomic mass is 19.1. The lowest BCUT2D eigenvalue weighted by molar-refractivity contribution is -0.219. The second-order valence-electron chi connectivity index (χ2n) is 14.4. The van der Waals surface area contributed by atoms with Crippen LogP contribution in [0.25, 0.3) is 0 Å². The van der Waals surface area contributed by atoms with Crippen LogP contribution in [0.1, 0.15) is 92.9 Å². The number of fused-ring (bicyclic) bond motifs is 5. The monoisotopic (exact) mass is 606 g/mol. The summed E-state index contributed by atoms with van der Waals surface area (Å²) in [5.74, 6) is -2.82. The first-order valence-corrected chi connectivity index (χ1v) is 15.5. The Hall–Kier alpha value is -2.59. The minimum atomic E-state index is -2.07. The van der Waals surface area contributed by atoms with Gasteiger partial charge in [-0.3, -0.25) is 14.4 Å². The molecule has 4 aliphatic carbocycles. The van der Waals surface area contributed by atoms with Crippen molar-refractivity contribution in [2.24, 2.45) is 28.6 Å². The third-order valence-corrected chi connectivity index (χ3v) is 10.6. The molecule has 0 saturated heterocycles. The number of hydrogen-bond donors (Lipinski definition) is 2. The van der Waals surface area contributed by atoms with Crippen LogP contribution in [0.4, 0.5) is 9.18 Å². The van der Waals surface area contributed by atoms with E-state index in [0.717, 1.165) is 0 Å². The van der Waals surface area contributed by atoms with E-state index in [2.05, 4.69) is 0 Å². The molecule has 0 aromatic carbocycles. The first-order chi connectivity index (χ1) is 19.9. The number of halogens is 1. The lowest BCUT2D eigenvalue weighted by atomic mass is 9.44. The molecule has 0 radical (unpaired) electrons. The van der Waals surface area contributed by atoms with Gasteiger partial charge in [0.2, 0.25) is 5.78 Å². The number of hydrogen-bond acceptors (Lipinski definition) is 9. The Morgan fingerprint density at radius 2 is 1.79 bits per heavy atom. The van der Waals surface area contributed by atoms with E-state index in [1.54, 1.807) is 47.6 Å². The Balaban J connectivity index is 1.34. The average molecular weight is 607 g/mol. The number of ether oxygens (including phenoxy) is 3. The Labute approximate surface area is 253 Å². The molecule has 0 aliphatic heterocycles. The minimum Gasteiger partial charge on any atom is -0.460 e. The topological polar surface area (TPSA) is 136 Å². The summed E-state index contributed by atoms with van der Waals surface area (Å²) in [6, 6.07) is 0. The third kappa shape index (κ3) is 5.70. The molecule has 2 N–H and O–H groups in total. The Bertz CT molecular complexity index is 1200. The summed E-state index contributed by atoms with van der Waals surface area (Å²) in [6.07, 6.45) is 4.90. The van der Waals surface area contributed by atoms with Gasteiger partial charge < -0.3 is 24.4 Å². The molecule has 4 aliphatic rings. The molecular formula is C33H47FO9. The van der Waals surface area contributed by atoms with Crippen molar-refractivity contribution in [2.45, 2.75) is 116 Å². The van der Waals surface area contributed by atoms with Crippen molar-refractivity contribution in [3.05, 3.63) is 23.8 Å². The van der Waals surface area contributed by atoms with Gasteiger partial charge in [0.05, 0.1) is 12.7 Å². The lowest BCUT2D eigenvalue weighted by Gasteiger charge is -2.62. The van der Waals surface area contributed by atoms with Crippen molar-refractivity contribution in [1.82, 2.24) is 0 Å². The van der Waals surface area contributed by atoms with Gasteiger partial charge in [-0.2, -0.15) is 0 Å². The largest absolute Gasteiger partial charge is 0.508 e. The number of aliphatic hydroxyl groups excluding tert-OH is 1. The van der Waals surface area contributed by atoms with Crippen molar-refractivity contribution in [3.8, 4) is 0 Å². The van der Waals surface area contributed by atoms with Crippen LogP contribution in [-0.4, -0.2) is 70.1 Å². The Morgan fingerprint density at radius 3 is 2.47 bits per heavy atom. The lowest BCUT2D eigenvalue weighted by Crippen LogP contribution is -2.69. The third-order valence-electron chi connectivity index (χ3n) is 10.6. The van der Waals surface area contributed by atoms with Gasteiger partial charge in [0.15, 0.2) is 18.1 Å². The van der Waals surface area contributed by atoms with Crippen LogP contribution in [0.3, 0.4) is 0 Å². The fourth-order valence-corrected chi connectivity index (χ4v) is 8.51. The molecule has 240 valence electrons. The quantitative estimate of drug-likeness (QED) is 0.276. The summed E-state index contributed by atoms with van der Waals surface area (Å²) < 4.78 is 32.7. The molecule has 3 fully saturated rings. The molecule has 0 bridgehead atoms. The SMILES string of the molecule is C[C@H]1C[C@H]2[C@@H]3CCC4=CC(=O)C=C[C@]4(C)[C@@]3(F)[C@@H](O)C[C@]2(C)[C@@]1(O)C(=O)COC(=O)OCCCCCC(=O)OC(C)(C)C. The number of rotatable bonds is 9. The number of aliphatic hydroxyl groups is 2. The summed E-state index contributed by atoms with van der Waals surface area (Å²) in [7, 11) is 0. The number of alkyl halides is 1.